The van der Waals surface area contributed by atoms with Crippen LogP contribution in [-0.2, 0) is 4.79 Å². The molecule has 1 aliphatic carbocycles. The summed E-state index contributed by atoms with van der Waals surface area (Å²) in [6.07, 6.45) is 1.68. The Bertz CT molecular complexity index is 929. The molecular formula is C19H18F2N4O. The molecule has 1 saturated carbocycles. The summed E-state index contributed by atoms with van der Waals surface area (Å²) in [5.74, 6) is -2.55. The van der Waals surface area contributed by atoms with Crippen molar-refractivity contribution in [1.82, 2.24) is 15.0 Å². The maximum absolute atomic E-state index is 13.2. The Morgan fingerprint density at radius 1 is 1.19 bits per heavy atom. The van der Waals surface area contributed by atoms with E-state index in [1.807, 2.05) is 24.3 Å². The van der Waals surface area contributed by atoms with Gasteiger partial charge in [0.25, 0.3) is 0 Å². The molecule has 1 fully saturated rings. The number of pyridine rings is 1. The number of amides is 1. The van der Waals surface area contributed by atoms with Crippen LogP contribution in [0.4, 0.5) is 14.5 Å². The molecule has 1 aromatic carbocycles. The molecule has 26 heavy (non-hydrogen) atoms. The molecule has 2 aromatic heterocycles. The first-order valence-electron chi connectivity index (χ1n) is 8.60. The molecule has 0 radical (unpaired) electrons. The van der Waals surface area contributed by atoms with Crippen molar-refractivity contribution in [2.45, 2.75) is 31.6 Å². The van der Waals surface area contributed by atoms with Gasteiger partial charge in [-0.3, -0.25) is 9.78 Å². The molecular weight excluding hydrogens is 338 g/mol. The number of benzene rings is 1. The van der Waals surface area contributed by atoms with E-state index < -0.39 is 5.92 Å². The number of carbonyl (C=O) groups excluding carboxylic acids is 1. The van der Waals surface area contributed by atoms with E-state index in [0.717, 1.165) is 16.7 Å². The maximum Gasteiger partial charge on any atom is 0.248 e. The lowest BCUT2D eigenvalue weighted by molar-refractivity contribution is -0.124. The number of aromatic nitrogens is 3. The Morgan fingerprint density at radius 2 is 2.00 bits per heavy atom. The van der Waals surface area contributed by atoms with Crippen molar-refractivity contribution in [3.05, 3.63) is 42.6 Å². The summed E-state index contributed by atoms with van der Waals surface area (Å²) in [5, 5.41) is 2.83. The highest BCUT2D eigenvalue weighted by molar-refractivity contribution is 5.94. The SMILES string of the molecule is O=C(Nc1ccc2nc(-c3ccccn3)[nH]c2c1)C1CCC(F)(F)CC1. The third-order valence-corrected chi connectivity index (χ3v) is 4.74. The number of imidazole rings is 1. The van der Waals surface area contributed by atoms with E-state index in [0.29, 0.717) is 11.5 Å². The smallest absolute Gasteiger partial charge is 0.248 e. The third kappa shape index (κ3) is 3.42. The number of anilines is 1. The van der Waals surface area contributed by atoms with E-state index in [2.05, 4.69) is 20.3 Å². The first-order chi connectivity index (χ1) is 12.5. The highest BCUT2D eigenvalue weighted by Crippen LogP contribution is 2.36. The average Bonchev–Trinajstić information content (AvgIpc) is 3.05. The summed E-state index contributed by atoms with van der Waals surface area (Å²) in [7, 11) is 0. The van der Waals surface area contributed by atoms with Gasteiger partial charge in [0.2, 0.25) is 11.8 Å². The zero-order valence-electron chi connectivity index (χ0n) is 14.0. The van der Waals surface area contributed by atoms with Crippen molar-refractivity contribution < 1.29 is 13.6 Å². The largest absolute Gasteiger partial charge is 0.337 e. The van der Waals surface area contributed by atoms with Crippen LogP contribution in [-0.4, -0.2) is 26.8 Å². The molecule has 0 bridgehead atoms. The van der Waals surface area contributed by atoms with Gasteiger partial charge in [0.1, 0.15) is 5.69 Å². The first kappa shape index (κ1) is 16.6. The van der Waals surface area contributed by atoms with Crippen LogP contribution in [0.2, 0.25) is 0 Å². The maximum atomic E-state index is 13.2. The predicted molar refractivity (Wildman–Crippen MR) is 94.9 cm³/mol. The van der Waals surface area contributed by atoms with Gasteiger partial charge in [-0.15, -0.1) is 0 Å². The number of alkyl halides is 2. The number of halogens is 2. The molecule has 0 unspecified atom stereocenters. The van der Waals surface area contributed by atoms with E-state index in [1.165, 1.54) is 0 Å². The van der Waals surface area contributed by atoms with Crippen LogP contribution in [0.25, 0.3) is 22.6 Å². The Hall–Kier alpha value is -2.83. The van der Waals surface area contributed by atoms with E-state index in [1.54, 1.807) is 18.3 Å². The van der Waals surface area contributed by atoms with Crippen LogP contribution in [0, 0.1) is 5.92 Å². The van der Waals surface area contributed by atoms with Gasteiger partial charge in [-0.2, -0.15) is 0 Å². The summed E-state index contributed by atoms with van der Waals surface area (Å²) >= 11 is 0. The van der Waals surface area contributed by atoms with Crippen LogP contribution < -0.4 is 5.32 Å². The second-order valence-corrected chi connectivity index (χ2v) is 6.65. The molecule has 0 atom stereocenters. The summed E-state index contributed by atoms with van der Waals surface area (Å²) < 4.78 is 26.5. The third-order valence-electron chi connectivity index (χ3n) is 4.74. The Balaban J connectivity index is 1.50. The molecule has 1 amide bonds. The number of rotatable bonds is 3. The van der Waals surface area contributed by atoms with Gasteiger partial charge in [0.15, 0.2) is 5.82 Å². The predicted octanol–water partition coefficient (Wildman–Crippen LogP) is 4.39. The molecule has 3 aromatic rings. The van der Waals surface area contributed by atoms with Crippen LogP contribution in [0.15, 0.2) is 42.6 Å². The summed E-state index contributed by atoms with van der Waals surface area (Å²) in [6.45, 7) is 0. The summed E-state index contributed by atoms with van der Waals surface area (Å²) in [5.41, 5.74) is 2.90. The molecule has 2 N–H and O–H groups in total. The standard InChI is InChI=1S/C19H18F2N4O/c20-19(21)8-6-12(7-9-19)18(26)23-13-4-5-14-16(11-13)25-17(24-14)15-3-1-2-10-22-15/h1-5,10-12H,6-9H2,(H,23,26)(H,24,25). The monoisotopic (exact) mass is 356 g/mol. The number of hydrogen-bond acceptors (Lipinski definition) is 3. The van der Waals surface area contributed by atoms with Gasteiger partial charge in [-0.1, -0.05) is 6.07 Å². The molecule has 1 aliphatic rings. The number of nitrogens with zero attached hydrogens (tertiary/aromatic N) is 2. The van der Waals surface area contributed by atoms with Gasteiger partial charge in [0.05, 0.1) is 11.0 Å². The molecule has 7 heteroatoms. The van der Waals surface area contributed by atoms with E-state index in [9.17, 15) is 13.6 Å². The fourth-order valence-corrected chi connectivity index (χ4v) is 3.26. The number of H-pyrrole nitrogens is 1. The minimum atomic E-state index is -2.63. The topological polar surface area (TPSA) is 70.7 Å². The average molecular weight is 356 g/mol. The minimum Gasteiger partial charge on any atom is -0.337 e. The molecule has 0 saturated heterocycles. The van der Waals surface area contributed by atoms with E-state index in [4.69, 9.17) is 0 Å². The van der Waals surface area contributed by atoms with Crippen LogP contribution in [0.5, 0.6) is 0 Å². The summed E-state index contributed by atoms with van der Waals surface area (Å²) in [4.78, 5) is 24.3. The first-order valence-corrected chi connectivity index (χ1v) is 8.60. The Morgan fingerprint density at radius 3 is 2.73 bits per heavy atom. The van der Waals surface area contributed by atoms with Gasteiger partial charge in [-0.05, 0) is 43.2 Å². The molecule has 0 aliphatic heterocycles. The van der Waals surface area contributed by atoms with Gasteiger partial charge in [0, 0.05) is 30.6 Å². The van der Waals surface area contributed by atoms with Crippen molar-refractivity contribution in [1.29, 1.82) is 0 Å². The summed E-state index contributed by atoms with van der Waals surface area (Å²) in [6, 6.07) is 10.9. The quantitative estimate of drug-likeness (QED) is 0.731. The van der Waals surface area contributed by atoms with Crippen LogP contribution >= 0.6 is 0 Å². The van der Waals surface area contributed by atoms with E-state index in [-0.39, 0.29) is 37.5 Å². The second-order valence-electron chi connectivity index (χ2n) is 6.65. The normalized spacial score (nSPS) is 17.3. The number of carbonyl (C=O) groups is 1. The van der Waals surface area contributed by atoms with Crippen molar-refractivity contribution >= 4 is 22.6 Å². The number of aromatic amines is 1. The van der Waals surface area contributed by atoms with Gasteiger partial charge >= 0.3 is 0 Å². The van der Waals surface area contributed by atoms with Crippen molar-refractivity contribution in [2.75, 3.05) is 5.32 Å². The number of fused-ring (bicyclic) bond motifs is 1. The highest BCUT2D eigenvalue weighted by Gasteiger charge is 2.37. The van der Waals surface area contributed by atoms with Gasteiger partial charge in [-0.25, -0.2) is 13.8 Å². The fraction of sp³-hybridized carbons (Fsp3) is 0.316. The lowest BCUT2D eigenvalue weighted by atomic mass is 9.86. The van der Waals surface area contributed by atoms with Crippen LogP contribution in [0.3, 0.4) is 0 Å². The highest BCUT2D eigenvalue weighted by atomic mass is 19.3. The van der Waals surface area contributed by atoms with Crippen LogP contribution in [0.1, 0.15) is 25.7 Å². The number of hydrogen-bond donors (Lipinski definition) is 2. The van der Waals surface area contributed by atoms with Gasteiger partial charge < -0.3 is 10.3 Å². The van der Waals surface area contributed by atoms with E-state index >= 15 is 0 Å². The van der Waals surface area contributed by atoms with Crippen molar-refractivity contribution in [3.8, 4) is 11.5 Å². The minimum absolute atomic E-state index is 0.204. The fourth-order valence-electron chi connectivity index (χ4n) is 3.26. The zero-order chi connectivity index (χ0) is 18.1. The Labute approximate surface area is 148 Å². The second kappa shape index (κ2) is 6.48. The lowest BCUT2D eigenvalue weighted by Gasteiger charge is -2.27. The molecule has 0 spiro atoms. The molecule has 4 rings (SSSR count). The molecule has 134 valence electrons. The molecule has 2 heterocycles. The molecule has 5 nitrogen and oxygen atoms in total. The lowest BCUT2D eigenvalue weighted by Crippen LogP contribution is -2.31. The zero-order valence-corrected chi connectivity index (χ0v) is 14.0. The van der Waals surface area contributed by atoms with Crippen molar-refractivity contribution in [2.24, 2.45) is 5.92 Å². The number of nitrogens with one attached hydrogen (secondary N) is 2. The Kier molecular flexibility index (Phi) is 4.14. The van der Waals surface area contributed by atoms with Crippen molar-refractivity contribution in [3.63, 3.8) is 0 Å².